The Morgan fingerprint density at radius 2 is 1.79 bits per heavy atom. The third kappa shape index (κ3) is 1.40. The minimum Gasteiger partial charge on any atom is -0.381 e. The van der Waals surface area contributed by atoms with Crippen LogP contribution >= 0.6 is 0 Å². The number of aliphatic hydroxyl groups excluding tert-OH is 1. The molecule has 0 aliphatic rings. The SMILES string of the molecule is O=C[C@H](O)c1cccc2ccccc12. The number of hydrogen-bond donors (Lipinski definition) is 1. The van der Waals surface area contributed by atoms with Crippen LogP contribution in [0.2, 0.25) is 0 Å². The van der Waals surface area contributed by atoms with Crippen molar-refractivity contribution in [2.75, 3.05) is 0 Å². The van der Waals surface area contributed by atoms with Gasteiger partial charge in [-0.1, -0.05) is 42.5 Å². The first kappa shape index (κ1) is 8.91. The minimum absolute atomic E-state index is 0.543. The maximum atomic E-state index is 10.5. The van der Waals surface area contributed by atoms with E-state index in [1.165, 1.54) is 0 Å². The second kappa shape index (κ2) is 3.60. The lowest BCUT2D eigenvalue weighted by Crippen LogP contribution is -1.98. The number of fused-ring (bicyclic) bond motifs is 1. The summed E-state index contributed by atoms with van der Waals surface area (Å²) in [7, 11) is 0. The summed E-state index contributed by atoms with van der Waals surface area (Å²) in [6.07, 6.45) is -0.483. The molecule has 0 saturated heterocycles. The van der Waals surface area contributed by atoms with Crippen LogP contribution in [0.3, 0.4) is 0 Å². The van der Waals surface area contributed by atoms with Crippen LogP contribution in [0.15, 0.2) is 42.5 Å². The van der Waals surface area contributed by atoms with Crippen molar-refractivity contribution in [3.8, 4) is 0 Å². The molecule has 2 heteroatoms. The van der Waals surface area contributed by atoms with Crippen LogP contribution in [0.1, 0.15) is 11.7 Å². The van der Waals surface area contributed by atoms with Gasteiger partial charge in [0, 0.05) is 0 Å². The number of aliphatic hydroxyl groups is 1. The lowest BCUT2D eigenvalue weighted by atomic mass is 10.0. The van der Waals surface area contributed by atoms with Gasteiger partial charge >= 0.3 is 0 Å². The van der Waals surface area contributed by atoms with E-state index in [4.69, 9.17) is 0 Å². The van der Waals surface area contributed by atoms with Crippen molar-refractivity contribution in [3.63, 3.8) is 0 Å². The first-order chi connectivity index (χ1) is 6.83. The van der Waals surface area contributed by atoms with Crippen LogP contribution in [0.25, 0.3) is 10.8 Å². The van der Waals surface area contributed by atoms with Gasteiger partial charge in [0.05, 0.1) is 0 Å². The summed E-state index contributed by atoms with van der Waals surface area (Å²) in [4.78, 5) is 10.5. The van der Waals surface area contributed by atoms with Gasteiger partial charge in [-0.3, -0.25) is 0 Å². The molecular weight excluding hydrogens is 176 g/mol. The van der Waals surface area contributed by atoms with Gasteiger partial charge in [-0.15, -0.1) is 0 Å². The van der Waals surface area contributed by atoms with E-state index in [0.29, 0.717) is 11.8 Å². The molecule has 0 unspecified atom stereocenters. The first-order valence-electron chi connectivity index (χ1n) is 4.44. The Hall–Kier alpha value is -1.67. The summed E-state index contributed by atoms with van der Waals surface area (Å²) < 4.78 is 0. The van der Waals surface area contributed by atoms with Crippen molar-refractivity contribution in [1.29, 1.82) is 0 Å². The van der Waals surface area contributed by atoms with Crippen molar-refractivity contribution in [3.05, 3.63) is 48.0 Å². The van der Waals surface area contributed by atoms with Gasteiger partial charge in [-0.2, -0.15) is 0 Å². The van der Waals surface area contributed by atoms with Gasteiger partial charge in [0.1, 0.15) is 6.10 Å². The number of rotatable bonds is 2. The lowest BCUT2D eigenvalue weighted by molar-refractivity contribution is -0.115. The molecule has 2 rings (SSSR count). The third-order valence-electron chi connectivity index (χ3n) is 2.27. The summed E-state index contributed by atoms with van der Waals surface area (Å²) in [5.74, 6) is 0. The number of carbonyl (C=O) groups is 1. The highest BCUT2D eigenvalue weighted by Crippen LogP contribution is 2.22. The predicted molar refractivity (Wildman–Crippen MR) is 55.0 cm³/mol. The van der Waals surface area contributed by atoms with E-state index in [9.17, 15) is 9.90 Å². The van der Waals surface area contributed by atoms with E-state index >= 15 is 0 Å². The molecule has 0 amide bonds. The predicted octanol–water partition coefficient (Wildman–Crippen LogP) is 2.07. The van der Waals surface area contributed by atoms with Gasteiger partial charge in [-0.25, -0.2) is 0 Å². The van der Waals surface area contributed by atoms with Gasteiger partial charge in [0.25, 0.3) is 0 Å². The molecule has 0 spiro atoms. The van der Waals surface area contributed by atoms with Crippen LogP contribution in [0, 0.1) is 0 Å². The molecule has 2 aromatic rings. The van der Waals surface area contributed by atoms with E-state index < -0.39 is 6.10 Å². The van der Waals surface area contributed by atoms with E-state index in [1.807, 2.05) is 36.4 Å². The normalized spacial score (nSPS) is 12.6. The fraction of sp³-hybridized carbons (Fsp3) is 0.0833. The average Bonchev–Trinajstić information content (AvgIpc) is 2.27. The van der Waals surface area contributed by atoms with Crippen molar-refractivity contribution in [1.82, 2.24) is 0 Å². The molecule has 0 saturated carbocycles. The maximum Gasteiger partial charge on any atom is 0.153 e. The Morgan fingerprint density at radius 3 is 2.57 bits per heavy atom. The highest BCUT2D eigenvalue weighted by molar-refractivity contribution is 5.88. The molecule has 14 heavy (non-hydrogen) atoms. The second-order valence-corrected chi connectivity index (χ2v) is 3.15. The molecule has 2 aromatic carbocycles. The molecule has 0 aliphatic carbocycles. The summed E-state index contributed by atoms with van der Waals surface area (Å²) >= 11 is 0. The molecule has 1 N–H and O–H groups in total. The van der Waals surface area contributed by atoms with Gasteiger partial charge in [0.2, 0.25) is 0 Å². The quantitative estimate of drug-likeness (QED) is 0.729. The molecule has 0 bridgehead atoms. The molecule has 0 aromatic heterocycles. The number of aldehydes is 1. The monoisotopic (exact) mass is 186 g/mol. The Bertz CT molecular complexity index is 457. The number of carbonyl (C=O) groups excluding carboxylic acids is 1. The topological polar surface area (TPSA) is 37.3 Å². The summed E-state index contributed by atoms with van der Waals surface area (Å²) in [6.45, 7) is 0. The second-order valence-electron chi connectivity index (χ2n) is 3.15. The molecule has 1 atom stereocenters. The molecule has 0 radical (unpaired) electrons. The summed E-state index contributed by atoms with van der Waals surface area (Å²) in [5, 5.41) is 11.4. The van der Waals surface area contributed by atoms with E-state index in [1.54, 1.807) is 6.07 Å². The van der Waals surface area contributed by atoms with Crippen molar-refractivity contribution < 1.29 is 9.90 Å². The van der Waals surface area contributed by atoms with Crippen molar-refractivity contribution in [2.24, 2.45) is 0 Å². The van der Waals surface area contributed by atoms with E-state index in [-0.39, 0.29) is 0 Å². The number of benzene rings is 2. The highest BCUT2D eigenvalue weighted by Gasteiger charge is 2.08. The smallest absolute Gasteiger partial charge is 0.153 e. The lowest BCUT2D eigenvalue weighted by Gasteiger charge is -2.07. The van der Waals surface area contributed by atoms with Crippen LogP contribution in [-0.2, 0) is 4.79 Å². The Kier molecular flexibility index (Phi) is 2.29. The number of hydrogen-bond acceptors (Lipinski definition) is 2. The summed E-state index contributed by atoms with van der Waals surface area (Å²) in [5.41, 5.74) is 0.665. The van der Waals surface area contributed by atoms with Crippen molar-refractivity contribution in [2.45, 2.75) is 6.10 Å². The zero-order chi connectivity index (χ0) is 9.97. The maximum absolute atomic E-state index is 10.5. The molecule has 2 nitrogen and oxygen atoms in total. The molecule has 70 valence electrons. The molecular formula is C12H10O2. The van der Waals surface area contributed by atoms with E-state index in [2.05, 4.69) is 0 Å². The Morgan fingerprint density at radius 1 is 1.07 bits per heavy atom. The average molecular weight is 186 g/mol. The van der Waals surface area contributed by atoms with Crippen LogP contribution < -0.4 is 0 Å². The first-order valence-corrected chi connectivity index (χ1v) is 4.44. The third-order valence-corrected chi connectivity index (χ3v) is 2.27. The van der Waals surface area contributed by atoms with Gasteiger partial charge in [0.15, 0.2) is 6.29 Å². The van der Waals surface area contributed by atoms with Gasteiger partial charge < -0.3 is 9.90 Å². The van der Waals surface area contributed by atoms with Crippen molar-refractivity contribution >= 4 is 17.1 Å². The molecule has 0 heterocycles. The minimum atomic E-state index is -1.03. The Labute approximate surface area is 81.8 Å². The Balaban J connectivity index is 2.70. The largest absolute Gasteiger partial charge is 0.381 e. The van der Waals surface area contributed by atoms with Crippen LogP contribution in [-0.4, -0.2) is 11.4 Å². The fourth-order valence-electron chi connectivity index (χ4n) is 1.58. The van der Waals surface area contributed by atoms with Crippen LogP contribution in [0.5, 0.6) is 0 Å². The molecule has 0 aliphatic heterocycles. The summed E-state index contributed by atoms with van der Waals surface area (Å²) in [6, 6.07) is 13.2. The molecule has 0 fully saturated rings. The fourth-order valence-corrected chi connectivity index (χ4v) is 1.58. The van der Waals surface area contributed by atoms with Crippen LogP contribution in [0.4, 0.5) is 0 Å². The highest BCUT2D eigenvalue weighted by atomic mass is 16.3. The zero-order valence-electron chi connectivity index (χ0n) is 7.55. The van der Waals surface area contributed by atoms with E-state index in [0.717, 1.165) is 10.8 Å². The zero-order valence-corrected chi connectivity index (χ0v) is 7.55. The van der Waals surface area contributed by atoms with Gasteiger partial charge in [-0.05, 0) is 16.3 Å². The standard InChI is InChI=1S/C12H10O2/c13-8-12(14)11-7-3-5-9-4-1-2-6-10(9)11/h1-8,12,14H/t12-/m0/s1.